The molecule has 0 aliphatic heterocycles. The van der Waals surface area contributed by atoms with E-state index in [1.165, 1.54) is 10.9 Å². The molecule has 0 aliphatic rings. The number of rotatable bonds is 10. The minimum atomic E-state index is -2.90. The number of alkyl halides is 2. The fourth-order valence-corrected chi connectivity index (χ4v) is 3.49. The second kappa shape index (κ2) is 13.6. The lowest BCUT2D eigenvalue weighted by Gasteiger charge is -2.13. The van der Waals surface area contributed by atoms with Crippen LogP contribution in [0.25, 0.3) is 0 Å². The number of halogens is 3. The van der Waals surface area contributed by atoms with Crippen LogP contribution < -0.4 is 20.1 Å². The summed E-state index contributed by atoms with van der Waals surface area (Å²) in [6.07, 6.45) is 0.817. The lowest BCUT2D eigenvalue weighted by Crippen LogP contribution is -2.38. The summed E-state index contributed by atoms with van der Waals surface area (Å²) in [5.41, 5.74) is 1.91. The van der Waals surface area contributed by atoms with E-state index in [1.54, 1.807) is 30.4 Å². The van der Waals surface area contributed by atoms with Gasteiger partial charge in [0.15, 0.2) is 17.5 Å². The minimum Gasteiger partial charge on any atom is -0.490 e. The van der Waals surface area contributed by atoms with Crippen molar-refractivity contribution in [2.24, 2.45) is 4.99 Å². The maximum absolute atomic E-state index is 12.5. The van der Waals surface area contributed by atoms with E-state index < -0.39 is 6.61 Å². The van der Waals surface area contributed by atoms with E-state index in [-0.39, 0.29) is 35.5 Å². The number of ether oxygens (including phenoxy) is 2. The van der Waals surface area contributed by atoms with E-state index in [0.29, 0.717) is 25.7 Å². The minimum absolute atomic E-state index is 0. The first-order valence-electron chi connectivity index (χ1n) is 9.58. The number of hydrogen-bond acceptors (Lipinski definition) is 5. The second-order valence-corrected chi connectivity index (χ2v) is 7.50. The highest BCUT2D eigenvalue weighted by atomic mass is 127. The van der Waals surface area contributed by atoms with Gasteiger partial charge in [-0.3, -0.25) is 0 Å². The van der Waals surface area contributed by atoms with Gasteiger partial charge in [-0.2, -0.15) is 8.78 Å². The second-order valence-electron chi connectivity index (χ2n) is 6.21. The number of thiazole rings is 1. The Balaban J connectivity index is 0.00000450. The lowest BCUT2D eigenvalue weighted by atomic mass is 10.2. The van der Waals surface area contributed by atoms with Gasteiger partial charge in [0.1, 0.15) is 0 Å². The Bertz CT molecular complexity index is 799. The molecule has 0 aliphatic carbocycles. The van der Waals surface area contributed by atoms with Gasteiger partial charge in [-0.15, -0.1) is 35.3 Å². The molecule has 0 atom stereocenters. The third-order valence-corrected chi connectivity index (χ3v) is 5.12. The average molecular weight is 554 g/mol. The molecule has 1 aromatic carbocycles. The summed E-state index contributed by atoms with van der Waals surface area (Å²) in [6, 6.07) is 4.86. The van der Waals surface area contributed by atoms with E-state index >= 15 is 0 Å². The molecule has 6 nitrogen and oxygen atoms in total. The van der Waals surface area contributed by atoms with Crippen LogP contribution in [0.2, 0.25) is 0 Å². The highest BCUT2D eigenvalue weighted by Gasteiger charge is 2.11. The van der Waals surface area contributed by atoms with Gasteiger partial charge < -0.3 is 20.1 Å². The summed E-state index contributed by atoms with van der Waals surface area (Å²) in [5, 5.41) is 7.59. The fraction of sp³-hybridized carbons (Fsp3) is 0.500. The highest BCUT2D eigenvalue weighted by Crippen LogP contribution is 2.30. The topological polar surface area (TPSA) is 67.8 Å². The van der Waals surface area contributed by atoms with Crippen LogP contribution in [0.3, 0.4) is 0 Å². The zero-order valence-electron chi connectivity index (χ0n) is 17.6. The summed E-state index contributed by atoms with van der Waals surface area (Å²) in [5.74, 6) is 0.991. The molecular weight excluding hydrogens is 525 g/mol. The molecule has 0 spiro atoms. The molecule has 2 N–H and O–H groups in total. The summed E-state index contributed by atoms with van der Waals surface area (Å²) < 4.78 is 35.0. The number of aryl methyl sites for hydroxylation is 2. The Hall–Kier alpha value is -1.69. The third-order valence-electron chi connectivity index (χ3n) is 3.99. The van der Waals surface area contributed by atoms with Crippen molar-refractivity contribution < 1.29 is 18.3 Å². The first kappa shape index (κ1) is 26.3. The van der Waals surface area contributed by atoms with E-state index in [9.17, 15) is 8.78 Å². The Kier molecular flexibility index (Phi) is 11.9. The lowest BCUT2D eigenvalue weighted by molar-refractivity contribution is -0.0514. The van der Waals surface area contributed by atoms with Crippen LogP contribution in [0.1, 0.15) is 35.0 Å². The summed E-state index contributed by atoms with van der Waals surface area (Å²) in [4.78, 5) is 10.3. The van der Waals surface area contributed by atoms with Crippen molar-refractivity contribution in [2.75, 3.05) is 19.7 Å². The van der Waals surface area contributed by atoms with Gasteiger partial charge in [0, 0.05) is 24.4 Å². The molecule has 1 heterocycles. The van der Waals surface area contributed by atoms with Gasteiger partial charge in [-0.25, -0.2) is 9.98 Å². The maximum Gasteiger partial charge on any atom is 0.387 e. The Morgan fingerprint density at radius 3 is 2.57 bits per heavy atom. The SMILES string of the molecule is CCNC(=NCc1ccc(OC(F)F)c(OCC)c1)NCCc1nc(C)c(C)s1.I. The summed E-state index contributed by atoms with van der Waals surface area (Å²) in [7, 11) is 0. The predicted octanol–water partition coefficient (Wildman–Crippen LogP) is 4.68. The molecule has 0 unspecified atom stereocenters. The normalized spacial score (nSPS) is 11.2. The standard InChI is InChI=1S/C20H28F2N4O2S.HI/c1-5-23-20(24-10-9-18-26-13(3)14(4)29-18)25-12-15-7-8-16(28-19(21)22)17(11-15)27-6-2;/h7-8,11,19H,5-6,9-10,12H2,1-4H3,(H2,23,24,25);1H. The van der Waals surface area contributed by atoms with Gasteiger partial charge >= 0.3 is 6.61 Å². The maximum atomic E-state index is 12.5. The summed E-state index contributed by atoms with van der Waals surface area (Å²) in [6.45, 7) is 7.14. The van der Waals surface area contributed by atoms with Gasteiger partial charge in [-0.1, -0.05) is 6.07 Å². The number of nitrogens with zero attached hydrogens (tertiary/aromatic N) is 2. The van der Waals surface area contributed by atoms with Crippen LogP contribution in [0.15, 0.2) is 23.2 Å². The van der Waals surface area contributed by atoms with Crippen LogP contribution in [0.5, 0.6) is 11.5 Å². The van der Waals surface area contributed by atoms with Crippen LogP contribution in [0, 0.1) is 13.8 Å². The van der Waals surface area contributed by atoms with Crippen molar-refractivity contribution in [3.8, 4) is 11.5 Å². The van der Waals surface area contributed by atoms with Crippen molar-refractivity contribution in [2.45, 2.75) is 47.3 Å². The smallest absolute Gasteiger partial charge is 0.387 e. The van der Waals surface area contributed by atoms with Crippen molar-refractivity contribution in [3.63, 3.8) is 0 Å². The molecule has 0 bridgehead atoms. The van der Waals surface area contributed by atoms with Gasteiger partial charge in [0.2, 0.25) is 0 Å². The summed E-state index contributed by atoms with van der Waals surface area (Å²) >= 11 is 1.71. The molecule has 0 fully saturated rings. The van der Waals surface area contributed by atoms with E-state index in [0.717, 1.165) is 29.2 Å². The van der Waals surface area contributed by atoms with Gasteiger partial charge in [0.25, 0.3) is 0 Å². The molecule has 2 rings (SSSR count). The van der Waals surface area contributed by atoms with Crippen LogP contribution in [-0.2, 0) is 13.0 Å². The number of guanidine groups is 1. The predicted molar refractivity (Wildman–Crippen MR) is 128 cm³/mol. The molecular formula is C20H29F2IN4O2S. The monoisotopic (exact) mass is 554 g/mol. The average Bonchev–Trinajstić information content (AvgIpc) is 2.99. The van der Waals surface area contributed by atoms with Gasteiger partial charge in [0.05, 0.1) is 23.9 Å². The van der Waals surface area contributed by atoms with Crippen molar-refractivity contribution in [1.29, 1.82) is 0 Å². The van der Waals surface area contributed by atoms with Crippen molar-refractivity contribution in [1.82, 2.24) is 15.6 Å². The number of nitrogens with one attached hydrogen (secondary N) is 2. The molecule has 168 valence electrons. The number of aromatic nitrogens is 1. The van der Waals surface area contributed by atoms with E-state index in [2.05, 4.69) is 32.3 Å². The number of hydrogen-bond donors (Lipinski definition) is 2. The van der Waals surface area contributed by atoms with Crippen LogP contribution in [-0.4, -0.2) is 37.3 Å². The molecule has 0 amide bonds. The molecule has 0 saturated carbocycles. The number of benzene rings is 1. The Labute approximate surface area is 197 Å². The Morgan fingerprint density at radius 2 is 1.97 bits per heavy atom. The van der Waals surface area contributed by atoms with Crippen LogP contribution >= 0.6 is 35.3 Å². The number of aliphatic imine (C=N–C) groups is 1. The molecule has 0 radical (unpaired) electrons. The first-order chi connectivity index (χ1) is 13.9. The molecule has 2 aromatic rings. The van der Waals surface area contributed by atoms with E-state index in [1.807, 2.05) is 13.8 Å². The fourth-order valence-electron chi connectivity index (χ4n) is 2.56. The van der Waals surface area contributed by atoms with Gasteiger partial charge in [-0.05, 0) is 45.4 Å². The third kappa shape index (κ3) is 8.58. The first-order valence-corrected chi connectivity index (χ1v) is 10.4. The van der Waals surface area contributed by atoms with Crippen LogP contribution in [0.4, 0.5) is 8.78 Å². The highest BCUT2D eigenvalue weighted by molar-refractivity contribution is 14.0. The van der Waals surface area contributed by atoms with E-state index in [4.69, 9.17) is 4.74 Å². The van der Waals surface area contributed by atoms with Crippen molar-refractivity contribution in [3.05, 3.63) is 39.3 Å². The largest absolute Gasteiger partial charge is 0.490 e. The molecule has 10 heteroatoms. The quantitative estimate of drug-likeness (QED) is 0.254. The zero-order valence-corrected chi connectivity index (χ0v) is 20.8. The molecule has 0 saturated heterocycles. The zero-order chi connectivity index (χ0) is 21.2. The molecule has 1 aromatic heterocycles. The van der Waals surface area contributed by atoms with Crippen molar-refractivity contribution >= 4 is 41.3 Å². The molecule has 30 heavy (non-hydrogen) atoms. The Morgan fingerprint density at radius 1 is 1.20 bits per heavy atom.